The van der Waals surface area contributed by atoms with E-state index in [-0.39, 0.29) is 23.1 Å². The molecule has 1 aliphatic heterocycles. The minimum atomic E-state index is -3.84. The Balaban J connectivity index is 2.00. The summed E-state index contributed by atoms with van der Waals surface area (Å²) in [5, 5.41) is 3.07. The largest absolute Gasteiger partial charge is 0.384 e. The Morgan fingerprint density at radius 2 is 1.56 bits per heavy atom. The number of halogens is 1. The zero-order chi connectivity index (χ0) is 23.3. The van der Waals surface area contributed by atoms with Crippen molar-refractivity contribution in [1.82, 2.24) is 5.32 Å². The molecule has 0 saturated heterocycles. The van der Waals surface area contributed by atoms with Crippen LogP contribution in [0, 0.1) is 26.6 Å². The molecule has 1 amide bonds. The minimum Gasteiger partial charge on any atom is -0.384 e. The average molecular weight is 458 g/mol. The molecule has 0 bridgehead atoms. The molecule has 5 nitrogen and oxygen atoms in total. The molecule has 0 radical (unpaired) electrons. The van der Waals surface area contributed by atoms with Gasteiger partial charge in [0.1, 0.15) is 11.4 Å². The van der Waals surface area contributed by atoms with Crippen LogP contribution in [0.5, 0.6) is 0 Å². The van der Waals surface area contributed by atoms with E-state index in [2.05, 4.69) is 5.32 Å². The molecule has 1 fully saturated rings. The number of amides is 1. The standard InChI is InChI=1S/C25H28FNO4S/c1-15-14-16(2)21(17(3)20(15)18-8-10-19(26)11-9-18)22-23(31-32(4,29)30)25(27-24(22)28)12-6-5-7-13-25/h8-11,14H,5-7,12-13H2,1-4H3,(H,27,28). The fourth-order valence-electron chi connectivity index (χ4n) is 5.32. The van der Waals surface area contributed by atoms with E-state index < -0.39 is 15.7 Å². The molecule has 4 rings (SSSR count). The normalized spacial score (nSPS) is 18.2. The lowest BCUT2D eigenvalue weighted by Crippen LogP contribution is -2.46. The number of benzene rings is 2. The van der Waals surface area contributed by atoms with Gasteiger partial charge in [-0.15, -0.1) is 0 Å². The van der Waals surface area contributed by atoms with Gasteiger partial charge in [-0.3, -0.25) is 4.79 Å². The van der Waals surface area contributed by atoms with E-state index >= 15 is 0 Å². The van der Waals surface area contributed by atoms with Crippen molar-refractivity contribution in [2.45, 2.75) is 58.4 Å². The summed E-state index contributed by atoms with van der Waals surface area (Å²) in [6.07, 6.45) is 5.10. The number of carbonyl (C=O) groups excluding carboxylic acids is 1. The van der Waals surface area contributed by atoms with Crippen molar-refractivity contribution in [3.05, 3.63) is 64.2 Å². The van der Waals surface area contributed by atoms with Crippen molar-refractivity contribution in [1.29, 1.82) is 0 Å². The Morgan fingerprint density at radius 1 is 0.969 bits per heavy atom. The van der Waals surface area contributed by atoms with Gasteiger partial charge in [0.15, 0.2) is 5.76 Å². The molecule has 7 heteroatoms. The average Bonchev–Trinajstić information content (AvgIpc) is 2.93. The van der Waals surface area contributed by atoms with Crippen LogP contribution < -0.4 is 5.32 Å². The van der Waals surface area contributed by atoms with Crippen LogP contribution in [0.1, 0.15) is 54.4 Å². The smallest absolute Gasteiger partial charge is 0.306 e. The van der Waals surface area contributed by atoms with Crippen molar-refractivity contribution < 1.29 is 21.8 Å². The fraction of sp³-hybridized carbons (Fsp3) is 0.400. The quantitative estimate of drug-likeness (QED) is 0.660. The lowest BCUT2D eigenvalue weighted by atomic mass is 9.79. The predicted molar refractivity (Wildman–Crippen MR) is 123 cm³/mol. The van der Waals surface area contributed by atoms with Crippen LogP contribution in [0.15, 0.2) is 36.1 Å². The third-order valence-electron chi connectivity index (χ3n) is 6.54. The summed E-state index contributed by atoms with van der Waals surface area (Å²) in [4.78, 5) is 13.3. The second kappa shape index (κ2) is 8.03. The van der Waals surface area contributed by atoms with Gasteiger partial charge in [-0.2, -0.15) is 8.42 Å². The number of nitrogens with one attached hydrogen (secondary N) is 1. The molecule has 0 unspecified atom stereocenters. The monoisotopic (exact) mass is 457 g/mol. The Morgan fingerprint density at radius 3 is 2.16 bits per heavy atom. The van der Waals surface area contributed by atoms with Crippen molar-refractivity contribution >= 4 is 21.6 Å². The van der Waals surface area contributed by atoms with E-state index in [1.54, 1.807) is 12.1 Å². The van der Waals surface area contributed by atoms with Gasteiger partial charge in [0, 0.05) is 0 Å². The van der Waals surface area contributed by atoms with Crippen LogP contribution in [-0.2, 0) is 19.1 Å². The van der Waals surface area contributed by atoms with E-state index in [0.29, 0.717) is 18.4 Å². The molecule has 1 N–H and O–H groups in total. The van der Waals surface area contributed by atoms with Crippen molar-refractivity contribution in [3.63, 3.8) is 0 Å². The molecule has 1 spiro atoms. The van der Waals surface area contributed by atoms with Gasteiger partial charge in [-0.1, -0.05) is 37.5 Å². The van der Waals surface area contributed by atoms with Gasteiger partial charge < -0.3 is 9.50 Å². The van der Waals surface area contributed by atoms with Gasteiger partial charge in [0.2, 0.25) is 0 Å². The highest BCUT2D eigenvalue weighted by Gasteiger charge is 2.49. The third kappa shape index (κ3) is 3.94. The highest BCUT2D eigenvalue weighted by Crippen LogP contribution is 2.46. The molecule has 2 aromatic rings. The highest BCUT2D eigenvalue weighted by molar-refractivity contribution is 7.86. The molecule has 1 heterocycles. The number of aryl methyl sites for hydroxylation is 2. The number of hydrogen-bond donors (Lipinski definition) is 1. The Hall–Kier alpha value is -2.67. The SMILES string of the molecule is Cc1cc(C)c(-c2ccc(F)cc2)c(C)c1C1=C(OS(C)(=O)=O)C2(CCCCC2)NC1=O. The summed E-state index contributed by atoms with van der Waals surface area (Å²) in [6, 6.07) is 8.22. The third-order valence-corrected chi connectivity index (χ3v) is 7.01. The molecular formula is C25H28FNO4S. The maximum absolute atomic E-state index is 13.5. The molecule has 2 aliphatic rings. The summed E-state index contributed by atoms with van der Waals surface area (Å²) in [5.74, 6) is -0.423. The molecule has 2 aromatic carbocycles. The zero-order valence-electron chi connectivity index (χ0n) is 18.8. The summed E-state index contributed by atoms with van der Waals surface area (Å²) >= 11 is 0. The van der Waals surface area contributed by atoms with Crippen LogP contribution in [0.4, 0.5) is 4.39 Å². The number of hydrogen-bond acceptors (Lipinski definition) is 4. The molecule has 1 saturated carbocycles. The van der Waals surface area contributed by atoms with E-state index in [4.69, 9.17) is 4.18 Å². The Labute approximate surface area is 188 Å². The van der Waals surface area contributed by atoms with Crippen LogP contribution in [0.3, 0.4) is 0 Å². The fourth-order valence-corrected chi connectivity index (χ4v) is 5.86. The van der Waals surface area contributed by atoms with E-state index in [9.17, 15) is 17.6 Å². The maximum atomic E-state index is 13.5. The van der Waals surface area contributed by atoms with E-state index in [1.165, 1.54) is 12.1 Å². The van der Waals surface area contributed by atoms with Crippen LogP contribution in [0.25, 0.3) is 16.7 Å². The number of rotatable bonds is 4. The summed E-state index contributed by atoms with van der Waals surface area (Å²) in [7, 11) is -3.84. The van der Waals surface area contributed by atoms with Gasteiger partial charge in [0.05, 0.1) is 11.8 Å². The second-order valence-corrected chi connectivity index (χ2v) is 10.6. The zero-order valence-corrected chi connectivity index (χ0v) is 19.7. The van der Waals surface area contributed by atoms with Crippen LogP contribution in [0.2, 0.25) is 0 Å². The van der Waals surface area contributed by atoms with E-state index in [0.717, 1.165) is 53.3 Å². The summed E-state index contributed by atoms with van der Waals surface area (Å²) in [6.45, 7) is 5.80. The van der Waals surface area contributed by atoms with Crippen LogP contribution in [-0.4, -0.2) is 26.1 Å². The van der Waals surface area contributed by atoms with Gasteiger partial charge in [-0.05, 0) is 79.1 Å². The summed E-state index contributed by atoms with van der Waals surface area (Å²) < 4.78 is 43.5. The number of carbonyl (C=O) groups is 1. The molecule has 1 aliphatic carbocycles. The Kier molecular flexibility index (Phi) is 5.65. The predicted octanol–water partition coefficient (Wildman–Crippen LogP) is 4.94. The molecule has 0 aromatic heterocycles. The van der Waals surface area contributed by atoms with Crippen molar-refractivity contribution in [2.24, 2.45) is 0 Å². The van der Waals surface area contributed by atoms with Crippen LogP contribution >= 0.6 is 0 Å². The first kappa shape index (κ1) is 22.5. The van der Waals surface area contributed by atoms with Gasteiger partial charge in [-0.25, -0.2) is 4.39 Å². The Bertz CT molecular complexity index is 1220. The van der Waals surface area contributed by atoms with Gasteiger partial charge in [0.25, 0.3) is 5.91 Å². The van der Waals surface area contributed by atoms with Crippen molar-refractivity contribution in [3.8, 4) is 11.1 Å². The summed E-state index contributed by atoms with van der Waals surface area (Å²) in [5.41, 5.74) is 4.58. The molecule has 32 heavy (non-hydrogen) atoms. The van der Waals surface area contributed by atoms with Gasteiger partial charge >= 0.3 is 10.1 Å². The first-order chi connectivity index (χ1) is 15.0. The highest BCUT2D eigenvalue weighted by atomic mass is 32.2. The first-order valence-corrected chi connectivity index (χ1v) is 12.7. The second-order valence-electron chi connectivity index (χ2n) is 8.98. The molecule has 0 atom stereocenters. The maximum Gasteiger partial charge on any atom is 0.306 e. The molecular weight excluding hydrogens is 429 g/mol. The molecule has 170 valence electrons. The lowest BCUT2D eigenvalue weighted by molar-refractivity contribution is -0.116. The first-order valence-electron chi connectivity index (χ1n) is 10.9. The topological polar surface area (TPSA) is 72.5 Å². The van der Waals surface area contributed by atoms with Crippen molar-refractivity contribution in [2.75, 3.05) is 6.26 Å². The van der Waals surface area contributed by atoms with E-state index in [1.807, 2.05) is 26.8 Å². The minimum absolute atomic E-state index is 0.213. The lowest BCUT2D eigenvalue weighted by Gasteiger charge is -2.34.